The van der Waals surface area contributed by atoms with Crippen molar-refractivity contribution >= 4 is 43.5 Å². The number of rotatable bonds is 1. The number of nitrogens with zero attached hydrogens (tertiary/aromatic N) is 3. The maximum Gasteiger partial charge on any atom is 0.260 e. The van der Waals surface area contributed by atoms with Crippen LogP contribution in [-0.2, 0) is 0 Å². The van der Waals surface area contributed by atoms with E-state index in [-0.39, 0.29) is 11.6 Å². The van der Waals surface area contributed by atoms with E-state index in [9.17, 15) is 4.79 Å². The van der Waals surface area contributed by atoms with Crippen molar-refractivity contribution in [2.45, 2.75) is 38.1 Å². The molecule has 0 bridgehead atoms. The largest absolute Gasteiger partial charge is 0.289 e. The van der Waals surface area contributed by atoms with E-state index in [2.05, 4.69) is 20.3 Å². The van der Waals surface area contributed by atoms with E-state index in [1.54, 1.807) is 0 Å². The maximum absolute atomic E-state index is 13.4. The number of hydrogen-bond acceptors (Lipinski definition) is 2. The molecule has 4 nitrogen and oxygen atoms in total. The SMILES string of the molecule is O=c1c2ccc(Br)cc2c2nc3ccccn3c2n1C1CCCCC1. The first-order valence-electron chi connectivity index (χ1n) is 8.84. The van der Waals surface area contributed by atoms with Gasteiger partial charge in [0.2, 0.25) is 0 Å². The highest BCUT2D eigenvalue weighted by Gasteiger charge is 2.23. The fourth-order valence-corrected chi connectivity index (χ4v) is 4.56. The summed E-state index contributed by atoms with van der Waals surface area (Å²) < 4.78 is 5.05. The van der Waals surface area contributed by atoms with Crippen molar-refractivity contribution in [3.63, 3.8) is 0 Å². The van der Waals surface area contributed by atoms with E-state index >= 15 is 0 Å². The lowest BCUT2D eigenvalue weighted by Gasteiger charge is -2.25. The maximum atomic E-state index is 13.4. The van der Waals surface area contributed by atoms with Crippen LogP contribution in [0.4, 0.5) is 0 Å². The van der Waals surface area contributed by atoms with Crippen LogP contribution in [0.15, 0.2) is 51.9 Å². The molecule has 1 aliphatic carbocycles. The molecular weight excluding hydrogens is 378 g/mol. The quantitative estimate of drug-likeness (QED) is 0.451. The summed E-state index contributed by atoms with van der Waals surface area (Å²) in [6.07, 6.45) is 7.78. The lowest BCUT2D eigenvalue weighted by atomic mass is 9.95. The van der Waals surface area contributed by atoms with E-state index in [1.165, 1.54) is 19.3 Å². The van der Waals surface area contributed by atoms with Crippen LogP contribution in [0.1, 0.15) is 38.1 Å². The summed E-state index contributed by atoms with van der Waals surface area (Å²) in [5.74, 6) is 0. The van der Waals surface area contributed by atoms with Gasteiger partial charge in [0.1, 0.15) is 16.8 Å². The third-order valence-corrected chi connectivity index (χ3v) is 5.85. The van der Waals surface area contributed by atoms with Crippen LogP contribution in [0.25, 0.3) is 27.6 Å². The first kappa shape index (κ1) is 15.1. The molecule has 0 aliphatic heterocycles. The second-order valence-corrected chi connectivity index (χ2v) is 7.79. The van der Waals surface area contributed by atoms with Crippen LogP contribution in [0, 0.1) is 0 Å². The van der Waals surface area contributed by atoms with E-state index in [4.69, 9.17) is 4.98 Å². The fourth-order valence-electron chi connectivity index (χ4n) is 4.20. The van der Waals surface area contributed by atoms with Crippen LogP contribution < -0.4 is 5.56 Å². The number of fused-ring (bicyclic) bond motifs is 5. The standard InChI is InChI=1S/C20H18BrN3O/c21-13-9-10-15-16(12-13)18-19(23-11-5-4-8-17(23)22-18)24(20(15)25)14-6-2-1-3-7-14/h4-5,8-12,14H,1-3,6-7H2. The molecule has 25 heavy (non-hydrogen) atoms. The zero-order valence-corrected chi connectivity index (χ0v) is 15.4. The molecule has 126 valence electrons. The summed E-state index contributed by atoms with van der Waals surface area (Å²) in [7, 11) is 0. The molecular formula is C20H18BrN3O. The smallest absolute Gasteiger partial charge is 0.260 e. The Morgan fingerprint density at radius 3 is 2.72 bits per heavy atom. The van der Waals surface area contributed by atoms with Gasteiger partial charge in [0.15, 0.2) is 0 Å². The summed E-state index contributed by atoms with van der Waals surface area (Å²) in [5, 5.41) is 1.68. The molecule has 1 aromatic carbocycles. The van der Waals surface area contributed by atoms with Gasteiger partial charge in [-0.1, -0.05) is 41.3 Å². The van der Waals surface area contributed by atoms with Crippen molar-refractivity contribution in [2.24, 2.45) is 0 Å². The molecule has 0 amide bonds. The molecule has 0 unspecified atom stereocenters. The van der Waals surface area contributed by atoms with Gasteiger partial charge in [0.25, 0.3) is 5.56 Å². The second kappa shape index (κ2) is 5.70. The number of aromatic nitrogens is 3. The average Bonchev–Trinajstić information content (AvgIpc) is 3.02. The van der Waals surface area contributed by atoms with E-state index < -0.39 is 0 Å². The predicted octanol–water partition coefficient (Wildman–Crippen LogP) is 5.07. The van der Waals surface area contributed by atoms with Gasteiger partial charge in [-0.3, -0.25) is 13.8 Å². The lowest BCUT2D eigenvalue weighted by molar-refractivity contribution is 0.353. The van der Waals surface area contributed by atoms with Crippen molar-refractivity contribution in [1.29, 1.82) is 0 Å². The molecule has 3 heterocycles. The molecule has 0 atom stereocenters. The normalized spacial score (nSPS) is 16.2. The zero-order chi connectivity index (χ0) is 17.0. The topological polar surface area (TPSA) is 39.3 Å². The highest BCUT2D eigenvalue weighted by atomic mass is 79.9. The van der Waals surface area contributed by atoms with Gasteiger partial charge in [-0.2, -0.15) is 0 Å². The summed E-state index contributed by atoms with van der Waals surface area (Å²) in [6, 6.07) is 12.1. The first-order valence-corrected chi connectivity index (χ1v) is 9.64. The lowest BCUT2D eigenvalue weighted by Crippen LogP contribution is -2.27. The monoisotopic (exact) mass is 395 g/mol. The summed E-state index contributed by atoms with van der Waals surface area (Å²) in [5.41, 5.74) is 2.83. The van der Waals surface area contributed by atoms with Crippen LogP contribution in [0.2, 0.25) is 0 Å². The van der Waals surface area contributed by atoms with Crippen molar-refractivity contribution in [1.82, 2.24) is 14.0 Å². The van der Waals surface area contributed by atoms with Gasteiger partial charge in [-0.05, 0) is 43.2 Å². The molecule has 5 rings (SSSR count). The van der Waals surface area contributed by atoms with Gasteiger partial charge in [-0.15, -0.1) is 0 Å². The van der Waals surface area contributed by atoms with E-state index in [0.29, 0.717) is 0 Å². The minimum Gasteiger partial charge on any atom is -0.289 e. The Morgan fingerprint density at radius 2 is 1.88 bits per heavy atom. The molecule has 1 aliphatic rings. The summed E-state index contributed by atoms with van der Waals surface area (Å²) in [4.78, 5) is 18.3. The van der Waals surface area contributed by atoms with Gasteiger partial charge < -0.3 is 0 Å². The molecule has 5 heteroatoms. The Labute approximate surface area is 153 Å². The second-order valence-electron chi connectivity index (χ2n) is 6.87. The molecule has 0 N–H and O–H groups in total. The Hall–Kier alpha value is -2.14. The third-order valence-electron chi connectivity index (χ3n) is 5.36. The van der Waals surface area contributed by atoms with Crippen molar-refractivity contribution in [2.75, 3.05) is 0 Å². The van der Waals surface area contributed by atoms with Crippen molar-refractivity contribution < 1.29 is 0 Å². The Morgan fingerprint density at radius 1 is 1.04 bits per heavy atom. The van der Waals surface area contributed by atoms with Gasteiger partial charge >= 0.3 is 0 Å². The van der Waals surface area contributed by atoms with Gasteiger partial charge in [-0.25, -0.2) is 4.98 Å². The minimum absolute atomic E-state index is 0.104. The molecule has 0 spiro atoms. The van der Waals surface area contributed by atoms with E-state index in [1.807, 2.05) is 47.2 Å². The summed E-state index contributed by atoms with van der Waals surface area (Å²) >= 11 is 3.54. The molecule has 3 aromatic heterocycles. The highest BCUT2D eigenvalue weighted by molar-refractivity contribution is 9.10. The van der Waals surface area contributed by atoms with Gasteiger partial charge in [0, 0.05) is 27.5 Å². The molecule has 0 saturated heterocycles. The predicted molar refractivity (Wildman–Crippen MR) is 104 cm³/mol. The highest BCUT2D eigenvalue weighted by Crippen LogP contribution is 2.33. The van der Waals surface area contributed by atoms with Crippen LogP contribution in [-0.4, -0.2) is 14.0 Å². The molecule has 0 radical (unpaired) electrons. The van der Waals surface area contributed by atoms with Crippen molar-refractivity contribution in [3.8, 4) is 0 Å². The van der Waals surface area contributed by atoms with Crippen LogP contribution >= 0.6 is 15.9 Å². The minimum atomic E-state index is 0.104. The number of hydrogen-bond donors (Lipinski definition) is 0. The Balaban J connectivity index is 2.00. The number of halogens is 1. The summed E-state index contributed by atoms with van der Waals surface area (Å²) in [6.45, 7) is 0. The average molecular weight is 396 g/mol. The number of benzene rings is 1. The Bertz CT molecular complexity index is 1170. The number of pyridine rings is 2. The fraction of sp³-hybridized carbons (Fsp3) is 0.300. The first-order chi connectivity index (χ1) is 12.2. The van der Waals surface area contributed by atoms with Crippen LogP contribution in [0.5, 0.6) is 0 Å². The molecule has 1 saturated carbocycles. The van der Waals surface area contributed by atoms with Crippen LogP contribution in [0.3, 0.4) is 0 Å². The molecule has 4 aromatic rings. The Kier molecular flexibility index (Phi) is 3.45. The zero-order valence-electron chi connectivity index (χ0n) is 13.8. The van der Waals surface area contributed by atoms with Gasteiger partial charge in [0.05, 0.1) is 0 Å². The van der Waals surface area contributed by atoms with E-state index in [0.717, 1.165) is 44.9 Å². The number of imidazole rings is 1. The van der Waals surface area contributed by atoms with Crippen molar-refractivity contribution in [3.05, 3.63) is 57.4 Å². The third kappa shape index (κ3) is 2.25. The molecule has 1 fully saturated rings.